The van der Waals surface area contributed by atoms with Crippen molar-refractivity contribution in [1.82, 2.24) is 0 Å². The lowest BCUT2D eigenvalue weighted by Crippen LogP contribution is -2.13. The molecule has 0 heterocycles. The van der Waals surface area contributed by atoms with Gasteiger partial charge in [0.15, 0.2) is 0 Å². The number of sulfonamides is 1. The van der Waals surface area contributed by atoms with Crippen molar-refractivity contribution in [3.05, 3.63) is 53.6 Å². The van der Waals surface area contributed by atoms with E-state index in [2.05, 4.69) is 10.0 Å². The first-order chi connectivity index (χ1) is 10.2. The van der Waals surface area contributed by atoms with Crippen molar-refractivity contribution < 1.29 is 18.3 Å². The Labute approximate surface area is 128 Å². The zero-order valence-electron chi connectivity index (χ0n) is 12.1. The lowest BCUT2D eigenvalue weighted by molar-refractivity contribution is 0.102. The summed E-state index contributed by atoms with van der Waals surface area (Å²) in [6.45, 7) is 1.81. The number of aryl methyl sites for hydroxylation is 1. The van der Waals surface area contributed by atoms with Gasteiger partial charge in [0.2, 0.25) is 10.0 Å². The van der Waals surface area contributed by atoms with E-state index >= 15 is 0 Å². The number of hydrogen-bond acceptors (Lipinski definition) is 4. The number of nitrogens with one attached hydrogen (secondary N) is 2. The van der Waals surface area contributed by atoms with Crippen LogP contribution in [-0.4, -0.2) is 25.7 Å². The number of phenols is 1. The van der Waals surface area contributed by atoms with Crippen LogP contribution in [0, 0.1) is 6.92 Å². The van der Waals surface area contributed by atoms with E-state index in [9.17, 15) is 18.3 Å². The van der Waals surface area contributed by atoms with E-state index in [1.807, 2.05) is 6.92 Å². The van der Waals surface area contributed by atoms with Gasteiger partial charge in [-0.1, -0.05) is 12.1 Å². The monoisotopic (exact) mass is 320 g/mol. The standard InChI is InChI=1S/C15H16N2O4S/c1-10-6-7-13(14(18)8-10)15(19)16-11-4-3-5-12(9-11)17-22(2,20)21/h3-9,17-18H,1-2H3,(H,16,19). The molecule has 2 aromatic carbocycles. The van der Waals surface area contributed by atoms with Gasteiger partial charge < -0.3 is 10.4 Å². The van der Waals surface area contributed by atoms with Crippen molar-refractivity contribution >= 4 is 27.3 Å². The molecule has 0 atom stereocenters. The maximum Gasteiger partial charge on any atom is 0.259 e. The van der Waals surface area contributed by atoms with Crippen molar-refractivity contribution in [2.45, 2.75) is 6.92 Å². The topological polar surface area (TPSA) is 95.5 Å². The summed E-state index contributed by atoms with van der Waals surface area (Å²) in [6, 6.07) is 11.0. The van der Waals surface area contributed by atoms with Crippen LogP contribution < -0.4 is 10.0 Å². The maximum absolute atomic E-state index is 12.1. The van der Waals surface area contributed by atoms with Crippen molar-refractivity contribution in [3.8, 4) is 5.75 Å². The first-order valence-electron chi connectivity index (χ1n) is 6.43. The van der Waals surface area contributed by atoms with E-state index < -0.39 is 15.9 Å². The predicted molar refractivity (Wildman–Crippen MR) is 85.7 cm³/mol. The highest BCUT2D eigenvalue weighted by Crippen LogP contribution is 2.21. The van der Waals surface area contributed by atoms with Crippen molar-refractivity contribution in [2.24, 2.45) is 0 Å². The van der Waals surface area contributed by atoms with Crippen LogP contribution in [0.3, 0.4) is 0 Å². The summed E-state index contributed by atoms with van der Waals surface area (Å²) in [5.41, 5.74) is 1.74. The van der Waals surface area contributed by atoms with E-state index in [0.29, 0.717) is 11.4 Å². The molecule has 0 aliphatic rings. The molecule has 0 saturated heterocycles. The van der Waals surface area contributed by atoms with Crippen LogP contribution in [0.4, 0.5) is 11.4 Å². The zero-order chi connectivity index (χ0) is 16.3. The van der Waals surface area contributed by atoms with Crippen LogP contribution >= 0.6 is 0 Å². The van der Waals surface area contributed by atoms with Crippen LogP contribution in [0.25, 0.3) is 0 Å². The van der Waals surface area contributed by atoms with Gasteiger partial charge in [-0.05, 0) is 42.8 Å². The van der Waals surface area contributed by atoms with Gasteiger partial charge >= 0.3 is 0 Å². The highest BCUT2D eigenvalue weighted by molar-refractivity contribution is 7.92. The Morgan fingerprint density at radius 3 is 2.41 bits per heavy atom. The Morgan fingerprint density at radius 1 is 1.09 bits per heavy atom. The maximum atomic E-state index is 12.1. The molecule has 2 aromatic rings. The number of hydrogen-bond donors (Lipinski definition) is 3. The molecule has 0 spiro atoms. The van der Waals surface area contributed by atoms with Crippen LogP contribution in [-0.2, 0) is 10.0 Å². The SMILES string of the molecule is Cc1ccc(C(=O)Nc2cccc(NS(C)(=O)=O)c2)c(O)c1. The Hall–Kier alpha value is -2.54. The van der Waals surface area contributed by atoms with E-state index in [0.717, 1.165) is 11.8 Å². The molecule has 3 N–H and O–H groups in total. The van der Waals surface area contributed by atoms with Gasteiger partial charge in [-0.3, -0.25) is 9.52 Å². The van der Waals surface area contributed by atoms with E-state index in [1.165, 1.54) is 18.2 Å². The van der Waals surface area contributed by atoms with Crippen LogP contribution in [0.1, 0.15) is 15.9 Å². The lowest BCUT2D eigenvalue weighted by atomic mass is 10.1. The van der Waals surface area contributed by atoms with Crippen LogP contribution in [0.15, 0.2) is 42.5 Å². The molecule has 0 bridgehead atoms. The predicted octanol–water partition coefficient (Wildman–Crippen LogP) is 2.32. The minimum absolute atomic E-state index is 0.108. The fraction of sp³-hybridized carbons (Fsp3) is 0.133. The second-order valence-corrected chi connectivity index (χ2v) is 6.68. The van der Waals surface area contributed by atoms with Gasteiger partial charge in [0.25, 0.3) is 5.91 Å². The summed E-state index contributed by atoms with van der Waals surface area (Å²) in [6.07, 6.45) is 1.04. The number of rotatable bonds is 4. The number of benzene rings is 2. The normalized spacial score (nSPS) is 11.0. The zero-order valence-corrected chi connectivity index (χ0v) is 12.9. The Kier molecular flexibility index (Phi) is 4.37. The molecule has 116 valence electrons. The molecule has 0 aliphatic carbocycles. The number of aromatic hydroxyl groups is 1. The number of amides is 1. The number of carbonyl (C=O) groups excluding carboxylic acids is 1. The summed E-state index contributed by atoms with van der Waals surface area (Å²) >= 11 is 0. The van der Waals surface area contributed by atoms with Gasteiger partial charge in [0, 0.05) is 5.69 Å². The smallest absolute Gasteiger partial charge is 0.259 e. The minimum Gasteiger partial charge on any atom is -0.507 e. The molecule has 1 amide bonds. The fourth-order valence-electron chi connectivity index (χ4n) is 1.91. The largest absolute Gasteiger partial charge is 0.507 e. The summed E-state index contributed by atoms with van der Waals surface area (Å²) in [5, 5.41) is 12.4. The fourth-order valence-corrected chi connectivity index (χ4v) is 2.46. The molecular formula is C15H16N2O4S. The van der Waals surface area contributed by atoms with Gasteiger partial charge in [-0.25, -0.2) is 8.42 Å². The molecular weight excluding hydrogens is 304 g/mol. The highest BCUT2D eigenvalue weighted by atomic mass is 32.2. The molecule has 0 radical (unpaired) electrons. The molecule has 6 nitrogen and oxygen atoms in total. The number of carbonyl (C=O) groups is 1. The van der Waals surface area contributed by atoms with Crippen molar-refractivity contribution in [1.29, 1.82) is 0 Å². The quantitative estimate of drug-likeness (QED) is 0.805. The first kappa shape index (κ1) is 15.8. The molecule has 0 aromatic heterocycles. The highest BCUT2D eigenvalue weighted by Gasteiger charge is 2.12. The molecule has 0 aliphatic heterocycles. The third-order valence-electron chi connectivity index (χ3n) is 2.82. The molecule has 7 heteroatoms. The van der Waals surface area contributed by atoms with Crippen molar-refractivity contribution in [2.75, 3.05) is 16.3 Å². The Balaban J connectivity index is 2.20. The number of phenolic OH excluding ortho intramolecular Hbond substituents is 1. The van der Waals surface area contributed by atoms with Gasteiger partial charge in [0.1, 0.15) is 5.75 Å². The average Bonchev–Trinajstić information content (AvgIpc) is 2.36. The third kappa shape index (κ3) is 4.23. The Bertz CT molecular complexity index is 816. The number of anilines is 2. The van der Waals surface area contributed by atoms with E-state index in [1.54, 1.807) is 24.3 Å². The van der Waals surface area contributed by atoms with E-state index in [4.69, 9.17) is 0 Å². The van der Waals surface area contributed by atoms with Crippen LogP contribution in [0.2, 0.25) is 0 Å². The summed E-state index contributed by atoms with van der Waals surface area (Å²) < 4.78 is 24.7. The van der Waals surface area contributed by atoms with Crippen LogP contribution in [0.5, 0.6) is 5.75 Å². The van der Waals surface area contributed by atoms with Gasteiger partial charge in [-0.15, -0.1) is 0 Å². The Morgan fingerprint density at radius 2 is 1.77 bits per heavy atom. The second-order valence-electron chi connectivity index (χ2n) is 4.93. The molecule has 0 fully saturated rings. The molecule has 2 rings (SSSR count). The van der Waals surface area contributed by atoms with Gasteiger partial charge in [-0.2, -0.15) is 0 Å². The molecule has 22 heavy (non-hydrogen) atoms. The first-order valence-corrected chi connectivity index (χ1v) is 8.32. The summed E-state index contributed by atoms with van der Waals surface area (Å²) in [5.74, 6) is -0.586. The van der Waals surface area contributed by atoms with Crippen molar-refractivity contribution in [3.63, 3.8) is 0 Å². The molecule has 0 saturated carbocycles. The van der Waals surface area contributed by atoms with E-state index in [-0.39, 0.29) is 11.3 Å². The molecule has 0 unspecified atom stereocenters. The summed E-state index contributed by atoms with van der Waals surface area (Å²) in [4.78, 5) is 12.1. The minimum atomic E-state index is -3.39. The van der Waals surface area contributed by atoms with Gasteiger partial charge in [0.05, 0.1) is 17.5 Å². The second kappa shape index (κ2) is 6.07. The third-order valence-corrected chi connectivity index (χ3v) is 3.43. The lowest BCUT2D eigenvalue weighted by Gasteiger charge is -2.09. The average molecular weight is 320 g/mol. The summed E-state index contributed by atoms with van der Waals surface area (Å²) in [7, 11) is -3.39.